The van der Waals surface area contributed by atoms with Crippen molar-refractivity contribution >= 4 is 11.6 Å². The normalized spacial score (nSPS) is 16.7. The molecule has 0 bridgehead atoms. The number of hydrogen-bond donors (Lipinski definition) is 0. The summed E-state index contributed by atoms with van der Waals surface area (Å²) in [6, 6.07) is 12.3. The molecule has 1 atom stereocenters. The Morgan fingerprint density at radius 2 is 2.04 bits per heavy atom. The van der Waals surface area contributed by atoms with Crippen LogP contribution in [0, 0.1) is 17.0 Å². The molecule has 1 heterocycles. The topological polar surface area (TPSA) is 72.7 Å². The Balaban J connectivity index is 1.94. The Labute approximate surface area is 146 Å². The van der Waals surface area contributed by atoms with Gasteiger partial charge in [-0.05, 0) is 43.5 Å². The van der Waals surface area contributed by atoms with Gasteiger partial charge in [0.25, 0.3) is 11.6 Å². The molecule has 6 nitrogen and oxygen atoms in total. The highest BCUT2D eigenvalue weighted by molar-refractivity contribution is 5.97. The molecule has 1 unspecified atom stereocenters. The molecule has 25 heavy (non-hydrogen) atoms. The minimum absolute atomic E-state index is 0.0250. The molecule has 1 amide bonds. The summed E-state index contributed by atoms with van der Waals surface area (Å²) in [4.78, 5) is 25.6. The van der Waals surface area contributed by atoms with Gasteiger partial charge in [-0.1, -0.05) is 18.2 Å². The van der Waals surface area contributed by atoms with E-state index in [1.807, 2.05) is 24.3 Å². The number of nitro groups is 1. The van der Waals surface area contributed by atoms with E-state index in [0.29, 0.717) is 17.7 Å². The van der Waals surface area contributed by atoms with E-state index in [-0.39, 0.29) is 17.6 Å². The van der Waals surface area contributed by atoms with Crippen LogP contribution in [-0.2, 0) is 0 Å². The molecule has 130 valence electrons. The van der Waals surface area contributed by atoms with Gasteiger partial charge < -0.3 is 9.64 Å². The highest BCUT2D eigenvalue weighted by Crippen LogP contribution is 2.35. The quantitative estimate of drug-likeness (QED) is 0.625. The maximum Gasteiger partial charge on any atom is 0.273 e. The number of ether oxygens (including phenoxy) is 1. The third-order valence-corrected chi connectivity index (χ3v) is 4.72. The molecular formula is C19H20N2O4. The Bertz CT molecular complexity index is 819. The number of nitro benzene ring substituents is 1. The third kappa shape index (κ3) is 3.20. The third-order valence-electron chi connectivity index (χ3n) is 4.72. The highest BCUT2D eigenvalue weighted by Gasteiger charge is 2.32. The lowest BCUT2D eigenvalue weighted by Crippen LogP contribution is -2.31. The highest BCUT2D eigenvalue weighted by atomic mass is 16.6. The number of nitrogens with zero attached hydrogens (tertiary/aromatic N) is 2. The monoisotopic (exact) mass is 340 g/mol. The van der Waals surface area contributed by atoms with Crippen LogP contribution in [0.3, 0.4) is 0 Å². The molecule has 1 saturated heterocycles. The van der Waals surface area contributed by atoms with Gasteiger partial charge in [-0.15, -0.1) is 0 Å². The van der Waals surface area contributed by atoms with Crippen LogP contribution in [0.15, 0.2) is 42.5 Å². The van der Waals surface area contributed by atoms with Gasteiger partial charge in [-0.25, -0.2) is 0 Å². The fourth-order valence-corrected chi connectivity index (χ4v) is 3.41. The molecule has 0 saturated carbocycles. The van der Waals surface area contributed by atoms with E-state index in [9.17, 15) is 14.9 Å². The van der Waals surface area contributed by atoms with Crippen LogP contribution in [-0.4, -0.2) is 29.4 Å². The molecule has 1 aliphatic rings. The number of amides is 1. The Morgan fingerprint density at radius 1 is 1.28 bits per heavy atom. The van der Waals surface area contributed by atoms with Gasteiger partial charge in [0.2, 0.25) is 0 Å². The largest absolute Gasteiger partial charge is 0.497 e. The summed E-state index contributed by atoms with van der Waals surface area (Å²) in [6.45, 7) is 2.27. The van der Waals surface area contributed by atoms with E-state index in [1.165, 1.54) is 6.07 Å². The van der Waals surface area contributed by atoms with Crippen LogP contribution in [0.25, 0.3) is 0 Å². The lowest BCUT2D eigenvalue weighted by Gasteiger charge is -2.26. The summed E-state index contributed by atoms with van der Waals surface area (Å²) >= 11 is 0. The molecule has 2 aromatic carbocycles. The predicted molar refractivity (Wildman–Crippen MR) is 93.8 cm³/mol. The van der Waals surface area contributed by atoms with Gasteiger partial charge in [0.15, 0.2) is 0 Å². The fraction of sp³-hybridized carbons (Fsp3) is 0.316. The molecule has 3 rings (SSSR count). The van der Waals surface area contributed by atoms with Gasteiger partial charge in [0, 0.05) is 23.7 Å². The van der Waals surface area contributed by atoms with Crippen LogP contribution in [0.4, 0.5) is 5.69 Å². The summed E-state index contributed by atoms with van der Waals surface area (Å²) in [5, 5.41) is 11.1. The molecule has 0 spiro atoms. The zero-order valence-corrected chi connectivity index (χ0v) is 14.3. The number of rotatable bonds is 4. The zero-order valence-electron chi connectivity index (χ0n) is 14.3. The van der Waals surface area contributed by atoms with Crippen LogP contribution >= 0.6 is 0 Å². The first kappa shape index (κ1) is 17.0. The van der Waals surface area contributed by atoms with Crippen molar-refractivity contribution in [1.29, 1.82) is 0 Å². The predicted octanol–water partition coefficient (Wildman–Crippen LogP) is 3.89. The van der Waals surface area contributed by atoms with Crippen molar-refractivity contribution in [2.24, 2.45) is 0 Å². The first-order chi connectivity index (χ1) is 12.0. The van der Waals surface area contributed by atoms with E-state index >= 15 is 0 Å². The van der Waals surface area contributed by atoms with E-state index < -0.39 is 4.92 Å². The zero-order chi connectivity index (χ0) is 18.0. The number of benzene rings is 2. The van der Waals surface area contributed by atoms with E-state index in [2.05, 4.69) is 0 Å². The summed E-state index contributed by atoms with van der Waals surface area (Å²) < 4.78 is 5.28. The van der Waals surface area contributed by atoms with Crippen molar-refractivity contribution in [2.45, 2.75) is 25.8 Å². The minimum Gasteiger partial charge on any atom is -0.497 e. The minimum atomic E-state index is -0.449. The SMILES string of the molecule is COc1cccc(C2CCCN2C(=O)c2cccc([N+](=O)[O-])c2C)c1. The molecule has 2 aromatic rings. The Hall–Kier alpha value is -2.89. The van der Waals surface area contributed by atoms with Crippen molar-refractivity contribution < 1.29 is 14.5 Å². The molecule has 0 aliphatic carbocycles. The van der Waals surface area contributed by atoms with Crippen LogP contribution in [0.1, 0.15) is 40.4 Å². The summed E-state index contributed by atoms with van der Waals surface area (Å²) in [5.74, 6) is 0.592. The van der Waals surface area contributed by atoms with Crippen LogP contribution in [0.2, 0.25) is 0 Å². The lowest BCUT2D eigenvalue weighted by molar-refractivity contribution is -0.385. The maximum absolute atomic E-state index is 13.1. The van der Waals surface area contributed by atoms with Crippen molar-refractivity contribution in [2.75, 3.05) is 13.7 Å². The molecule has 1 fully saturated rings. The number of hydrogen-bond acceptors (Lipinski definition) is 4. The second-order valence-corrected chi connectivity index (χ2v) is 6.14. The molecule has 0 radical (unpaired) electrons. The number of likely N-dealkylation sites (tertiary alicyclic amines) is 1. The summed E-state index contributed by atoms with van der Waals surface area (Å²) in [7, 11) is 1.61. The summed E-state index contributed by atoms with van der Waals surface area (Å²) in [6.07, 6.45) is 1.77. The van der Waals surface area contributed by atoms with E-state index in [1.54, 1.807) is 31.1 Å². The van der Waals surface area contributed by atoms with Gasteiger partial charge >= 0.3 is 0 Å². The Morgan fingerprint density at radius 3 is 2.76 bits per heavy atom. The van der Waals surface area contributed by atoms with Crippen molar-refractivity contribution in [3.8, 4) is 5.75 Å². The standard InChI is InChI=1S/C19H20N2O4/c1-13-16(8-4-9-17(13)21(23)24)19(22)20-11-5-10-18(20)14-6-3-7-15(12-14)25-2/h3-4,6-9,12,18H,5,10-11H2,1-2H3. The van der Waals surface area contributed by atoms with Crippen molar-refractivity contribution in [3.63, 3.8) is 0 Å². The number of carbonyl (C=O) groups is 1. The van der Waals surface area contributed by atoms with Crippen molar-refractivity contribution in [3.05, 3.63) is 69.3 Å². The fourth-order valence-electron chi connectivity index (χ4n) is 3.41. The first-order valence-corrected chi connectivity index (χ1v) is 8.22. The van der Waals surface area contributed by atoms with Gasteiger partial charge in [0.1, 0.15) is 5.75 Å². The average molecular weight is 340 g/mol. The van der Waals surface area contributed by atoms with Crippen LogP contribution < -0.4 is 4.74 Å². The number of carbonyl (C=O) groups excluding carboxylic acids is 1. The Kier molecular flexibility index (Phi) is 4.70. The molecule has 0 N–H and O–H groups in total. The van der Waals surface area contributed by atoms with Crippen molar-refractivity contribution in [1.82, 2.24) is 4.90 Å². The van der Waals surface area contributed by atoms with Crippen LogP contribution in [0.5, 0.6) is 5.75 Å². The van der Waals surface area contributed by atoms with E-state index in [4.69, 9.17) is 4.74 Å². The molecule has 6 heteroatoms. The second kappa shape index (κ2) is 6.93. The molecule has 0 aromatic heterocycles. The maximum atomic E-state index is 13.1. The lowest BCUT2D eigenvalue weighted by atomic mass is 10.0. The van der Waals surface area contributed by atoms with Gasteiger partial charge in [-0.2, -0.15) is 0 Å². The number of methoxy groups -OCH3 is 1. The average Bonchev–Trinajstić information content (AvgIpc) is 3.11. The van der Waals surface area contributed by atoms with Gasteiger partial charge in [0.05, 0.1) is 18.1 Å². The molecule has 1 aliphatic heterocycles. The second-order valence-electron chi connectivity index (χ2n) is 6.14. The summed E-state index contributed by atoms with van der Waals surface area (Å²) in [5.41, 5.74) is 1.80. The first-order valence-electron chi connectivity index (χ1n) is 8.22. The van der Waals surface area contributed by atoms with Gasteiger partial charge in [-0.3, -0.25) is 14.9 Å². The molecular weight excluding hydrogens is 320 g/mol. The smallest absolute Gasteiger partial charge is 0.273 e. The van der Waals surface area contributed by atoms with E-state index in [0.717, 1.165) is 24.2 Å².